The molecule has 0 fully saturated rings. The van der Waals surface area contributed by atoms with Crippen LogP contribution in [-0.2, 0) is 14.8 Å². The van der Waals surface area contributed by atoms with Crippen LogP contribution in [0.5, 0.6) is 11.5 Å². The number of amides is 1. The quantitative estimate of drug-likeness (QED) is 0.390. The topological polar surface area (TPSA) is 93.7 Å². The molecule has 3 aromatic carbocycles. The number of hydrogen-bond acceptors (Lipinski definition) is 5. The molecule has 0 unspecified atom stereocenters. The smallest absolute Gasteiger partial charge is 0.261 e. The Hall–Kier alpha value is -3.59. The number of halogens is 1. The first-order chi connectivity index (χ1) is 15.9. The van der Waals surface area contributed by atoms with Crippen LogP contribution in [0.3, 0.4) is 0 Å². The van der Waals surface area contributed by atoms with E-state index < -0.39 is 15.8 Å². The van der Waals surface area contributed by atoms with Crippen LogP contribution in [0.15, 0.2) is 77.7 Å². The third-order valence-electron chi connectivity index (χ3n) is 4.52. The van der Waals surface area contributed by atoms with Gasteiger partial charge in [-0.15, -0.1) is 0 Å². The highest BCUT2D eigenvalue weighted by atomic mass is 32.2. The second kappa shape index (κ2) is 11.3. The zero-order valence-electron chi connectivity index (χ0n) is 18.1. The summed E-state index contributed by atoms with van der Waals surface area (Å²) >= 11 is 0. The molecule has 0 radical (unpaired) electrons. The summed E-state index contributed by atoms with van der Waals surface area (Å²) in [4.78, 5) is 12.3. The van der Waals surface area contributed by atoms with E-state index in [0.717, 1.165) is 12.1 Å². The maximum Gasteiger partial charge on any atom is 0.261 e. The Morgan fingerprint density at radius 1 is 0.879 bits per heavy atom. The van der Waals surface area contributed by atoms with Gasteiger partial charge in [-0.05, 0) is 61.9 Å². The van der Waals surface area contributed by atoms with E-state index in [-0.39, 0.29) is 22.9 Å². The van der Waals surface area contributed by atoms with Gasteiger partial charge in [0, 0.05) is 6.42 Å². The van der Waals surface area contributed by atoms with E-state index in [1.165, 1.54) is 18.2 Å². The normalized spacial score (nSPS) is 11.0. The number of benzene rings is 3. The fourth-order valence-corrected chi connectivity index (χ4v) is 4.05. The Morgan fingerprint density at radius 3 is 2.15 bits per heavy atom. The van der Waals surface area contributed by atoms with Gasteiger partial charge >= 0.3 is 0 Å². The molecule has 0 aliphatic rings. The number of ether oxygens (including phenoxy) is 2. The minimum absolute atomic E-state index is 0.0884. The molecule has 33 heavy (non-hydrogen) atoms. The average Bonchev–Trinajstić information content (AvgIpc) is 2.79. The van der Waals surface area contributed by atoms with Gasteiger partial charge in [-0.25, -0.2) is 12.8 Å². The van der Waals surface area contributed by atoms with Gasteiger partial charge in [-0.3, -0.25) is 9.52 Å². The predicted octanol–water partition coefficient (Wildman–Crippen LogP) is 4.82. The van der Waals surface area contributed by atoms with Crippen LogP contribution in [-0.4, -0.2) is 27.5 Å². The monoisotopic (exact) mass is 472 g/mol. The predicted molar refractivity (Wildman–Crippen MR) is 125 cm³/mol. The Kier molecular flexibility index (Phi) is 8.26. The number of anilines is 2. The van der Waals surface area contributed by atoms with Gasteiger partial charge in [0.25, 0.3) is 10.0 Å². The summed E-state index contributed by atoms with van der Waals surface area (Å²) in [6.45, 7) is 2.72. The minimum atomic E-state index is -3.95. The van der Waals surface area contributed by atoms with E-state index in [1.54, 1.807) is 24.3 Å². The molecule has 7 nitrogen and oxygen atoms in total. The molecular formula is C24H25FN2O5S. The number of nitrogens with one attached hydrogen (secondary N) is 2. The fraction of sp³-hybridized carbons (Fsp3) is 0.208. The van der Waals surface area contributed by atoms with Crippen LogP contribution < -0.4 is 19.5 Å². The summed E-state index contributed by atoms with van der Waals surface area (Å²) in [5.74, 6) is 0.434. The first-order valence-corrected chi connectivity index (χ1v) is 11.9. The Bertz CT molecular complexity index is 1180. The van der Waals surface area contributed by atoms with Crippen molar-refractivity contribution in [1.82, 2.24) is 0 Å². The molecule has 0 aliphatic carbocycles. The highest BCUT2D eigenvalue weighted by molar-refractivity contribution is 7.92. The molecule has 0 saturated carbocycles. The first-order valence-electron chi connectivity index (χ1n) is 10.4. The lowest BCUT2D eigenvalue weighted by Crippen LogP contribution is -2.17. The highest BCUT2D eigenvalue weighted by Gasteiger charge is 2.17. The number of para-hydroxylation sites is 4. The second-order valence-electron chi connectivity index (χ2n) is 6.98. The zero-order chi connectivity index (χ0) is 23.7. The van der Waals surface area contributed by atoms with Crippen molar-refractivity contribution in [3.05, 3.63) is 78.6 Å². The number of sulfonamides is 1. The number of carbonyl (C=O) groups is 1. The van der Waals surface area contributed by atoms with Gasteiger partial charge in [0.05, 0.1) is 29.5 Å². The van der Waals surface area contributed by atoms with Gasteiger partial charge in [-0.1, -0.05) is 24.3 Å². The zero-order valence-corrected chi connectivity index (χ0v) is 18.9. The van der Waals surface area contributed by atoms with Crippen molar-refractivity contribution in [2.24, 2.45) is 0 Å². The van der Waals surface area contributed by atoms with Crippen molar-refractivity contribution < 1.29 is 27.1 Å². The Morgan fingerprint density at radius 2 is 1.48 bits per heavy atom. The third kappa shape index (κ3) is 6.95. The van der Waals surface area contributed by atoms with Gasteiger partial charge in [0.2, 0.25) is 5.91 Å². The van der Waals surface area contributed by atoms with E-state index in [2.05, 4.69) is 10.0 Å². The molecule has 0 heterocycles. The van der Waals surface area contributed by atoms with Crippen LogP contribution in [0.25, 0.3) is 0 Å². The summed E-state index contributed by atoms with van der Waals surface area (Å²) in [5.41, 5.74) is 0.521. The van der Waals surface area contributed by atoms with Crippen molar-refractivity contribution in [2.45, 2.75) is 24.7 Å². The van der Waals surface area contributed by atoms with Crippen LogP contribution in [0.4, 0.5) is 15.8 Å². The summed E-state index contributed by atoms with van der Waals surface area (Å²) in [6.07, 6.45) is 0.631. The maximum absolute atomic E-state index is 13.1. The molecule has 174 valence electrons. The second-order valence-corrected chi connectivity index (χ2v) is 8.67. The summed E-state index contributed by atoms with van der Waals surface area (Å²) in [6, 6.07) is 18.2. The van der Waals surface area contributed by atoms with Crippen molar-refractivity contribution >= 4 is 27.3 Å². The SMILES string of the molecule is CCOc1ccccc1OCCCC(=O)Nc1ccccc1NS(=O)(=O)c1ccc(F)cc1. The molecule has 2 N–H and O–H groups in total. The number of hydrogen-bond donors (Lipinski definition) is 2. The Balaban J connectivity index is 1.56. The van der Waals surface area contributed by atoms with Crippen molar-refractivity contribution in [2.75, 3.05) is 23.3 Å². The summed E-state index contributed by atoms with van der Waals surface area (Å²) < 4.78 is 52.0. The van der Waals surface area contributed by atoms with Crippen molar-refractivity contribution in [3.8, 4) is 11.5 Å². The molecule has 1 amide bonds. The fourth-order valence-electron chi connectivity index (χ4n) is 2.97. The maximum atomic E-state index is 13.1. The van der Waals surface area contributed by atoms with E-state index in [4.69, 9.17) is 9.47 Å². The van der Waals surface area contributed by atoms with E-state index in [1.807, 2.05) is 25.1 Å². The third-order valence-corrected chi connectivity index (χ3v) is 5.91. The Labute approximate surface area is 192 Å². The van der Waals surface area contributed by atoms with Crippen LogP contribution in [0.2, 0.25) is 0 Å². The summed E-state index contributed by atoms with van der Waals surface area (Å²) in [7, 11) is -3.95. The molecule has 0 saturated heterocycles. The molecule has 0 spiro atoms. The van der Waals surface area contributed by atoms with Crippen LogP contribution >= 0.6 is 0 Å². The van der Waals surface area contributed by atoms with Crippen LogP contribution in [0, 0.1) is 5.82 Å². The molecule has 3 aromatic rings. The van der Waals surface area contributed by atoms with Gasteiger partial charge in [0.15, 0.2) is 11.5 Å². The molecule has 0 aromatic heterocycles. The molecule has 0 atom stereocenters. The van der Waals surface area contributed by atoms with Crippen molar-refractivity contribution in [3.63, 3.8) is 0 Å². The lowest BCUT2D eigenvalue weighted by atomic mass is 10.2. The van der Waals surface area contributed by atoms with Crippen molar-refractivity contribution in [1.29, 1.82) is 0 Å². The van der Waals surface area contributed by atoms with E-state index >= 15 is 0 Å². The largest absolute Gasteiger partial charge is 0.490 e. The average molecular weight is 473 g/mol. The molecule has 3 rings (SSSR count). The number of rotatable bonds is 11. The molecule has 0 aliphatic heterocycles. The van der Waals surface area contributed by atoms with E-state index in [9.17, 15) is 17.6 Å². The van der Waals surface area contributed by atoms with Crippen LogP contribution in [0.1, 0.15) is 19.8 Å². The first kappa shape index (κ1) is 24.1. The molecule has 9 heteroatoms. The standard InChI is InChI=1S/C24H25FN2O5S/c1-2-31-22-10-5-6-11-23(22)32-17-7-12-24(28)26-20-8-3-4-9-21(20)27-33(29,30)19-15-13-18(25)14-16-19/h3-6,8-11,13-16,27H,2,7,12,17H2,1H3,(H,26,28). The number of carbonyl (C=O) groups excluding carboxylic acids is 1. The highest BCUT2D eigenvalue weighted by Crippen LogP contribution is 2.27. The van der Waals surface area contributed by atoms with Gasteiger partial charge in [0.1, 0.15) is 5.82 Å². The van der Waals surface area contributed by atoms with Gasteiger partial charge < -0.3 is 14.8 Å². The van der Waals surface area contributed by atoms with E-state index in [0.29, 0.717) is 36.8 Å². The lowest BCUT2D eigenvalue weighted by Gasteiger charge is -2.14. The minimum Gasteiger partial charge on any atom is -0.490 e. The molecule has 0 bridgehead atoms. The summed E-state index contributed by atoms with van der Waals surface area (Å²) in [5, 5.41) is 2.72. The molecular weight excluding hydrogens is 447 g/mol. The van der Waals surface area contributed by atoms with Gasteiger partial charge in [-0.2, -0.15) is 0 Å². The lowest BCUT2D eigenvalue weighted by molar-refractivity contribution is -0.116.